The quantitative estimate of drug-likeness (QED) is 0.597. The van der Waals surface area contributed by atoms with Crippen LogP contribution in [-0.2, 0) is 0 Å². The molecule has 1 saturated heterocycles. The molecular weight excluding hydrogens is 222 g/mol. The highest BCUT2D eigenvalue weighted by Crippen LogP contribution is 2.21. The van der Waals surface area contributed by atoms with Crippen LogP contribution in [0.2, 0.25) is 0 Å². The van der Waals surface area contributed by atoms with E-state index in [4.69, 9.17) is 15.3 Å². The Labute approximate surface area is 99.7 Å². The molecule has 5 heteroatoms. The Morgan fingerprint density at radius 3 is 2.12 bits per heavy atom. The number of nitrogens with one attached hydrogen (secondary N) is 1. The average molecular weight is 239 g/mol. The number of carboxylic acids is 1. The van der Waals surface area contributed by atoms with Gasteiger partial charge in [0.2, 0.25) is 0 Å². The smallest absolute Gasteiger partial charge is 0.339 e. The number of carboxylic acid groups (broad SMARTS) is 1. The summed E-state index contributed by atoms with van der Waals surface area (Å²) < 4.78 is 0. The van der Waals surface area contributed by atoms with Gasteiger partial charge in [0.15, 0.2) is 0 Å². The Morgan fingerprint density at radius 2 is 1.76 bits per heavy atom. The Morgan fingerprint density at radius 1 is 1.12 bits per heavy atom. The van der Waals surface area contributed by atoms with Crippen LogP contribution in [-0.4, -0.2) is 34.4 Å². The zero-order valence-corrected chi connectivity index (χ0v) is 9.52. The number of phenolic OH excluding ortho intramolecular Hbond substituents is 1. The van der Waals surface area contributed by atoms with Gasteiger partial charge in [0.05, 0.1) is 0 Å². The Hall–Kier alpha value is -1.75. The van der Waals surface area contributed by atoms with Crippen LogP contribution in [0.4, 0.5) is 0 Å². The molecular formula is C12H17NO4. The van der Waals surface area contributed by atoms with Crippen molar-refractivity contribution in [2.45, 2.75) is 19.3 Å². The van der Waals surface area contributed by atoms with E-state index in [9.17, 15) is 4.79 Å². The van der Waals surface area contributed by atoms with Gasteiger partial charge in [0, 0.05) is 6.07 Å². The number of aromatic hydroxyl groups is 2. The number of rotatable bonds is 1. The molecule has 1 heterocycles. The molecule has 1 aliphatic rings. The predicted octanol–water partition coefficient (Wildman–Crippen LogP) is 1.56. The highest BCUT2D eigenvalue weighted by atomic mass is 16.4. The lowest BCUT2D eigenvalue weighted by Gasteiger charge is -2.08. The van der Waals surface area contributed by atoms with Crippen LogP contribution in [0.5, 0.6) is 11.5 Å². The van der Waals surface area contributed by atoms with E-state index in [1.165, 1.54) is 38.4 Å². The van der Waals surface area contributed by atoms with Crippen molar-refractivity contribution in [1.29, 1.82) is 0 Å². The number of piperidine rings is 1. The van der Waals surface area contributed by atoms with Gasteiger partial charge >= 0.3 is 5.97 Å². The Balaban J connectivity index is 0.000000202. The van der Waals surface area contributed by atoms with Crippen LogP contribution in [0.1, 0.15) is 29.6 Å². The van der Waals surface area contributed by atoms with Gasteiger partial charge in [-0.3, -0.25) is 0 Å². The minimum Gasteiger partial charge on any atom is -0.508 e. The Bertz CT molecular complexity index is 363. The van der Waals surface area contributed by atoms with Crippen molar-refractivity contribution in [3.05, 3.63) is 23.8 Å². The third-order valence-electron chi connectivity index (χ3n) is 2.42. The summed E-state index contributed by atoms with van der Waals surface area (Å²) >= 11 is 0. The van der Waals surface area contributed by atoms with Crippen LogP contribution in [0.15, 0.2) is 18.2 Å². The molecule has 4 N–H and O–H groups in total. The van der Waals surface area contributed by atoms with Crippen LogP contribution in [0.25, 0.3) is 0 Å². The van der Waals surface area contributed by atoms with Crippen LogP contribution in [0.3, 0.4) is 0 Å². The second-order valence-electron chi connectivity index (χ2n) is 3.82. The van der Waals surface area contributed by atoms with Gasteiger partial charge in [0.1, 0.15) is 17.1 Å². The molecule has 1 aromatic rings. The second kappa shape index (κ2) is 6.75. The van der Waals surface area contributed by atoms with Crippen LogP contribution in [0, 0.1) is 0 Å². The number of benzene rings is 1. The molecule has 1 aromatic carbocycles. The van der Waals surface area contributed by atoms with E-state index in [1.807, 2.05) is 0 Å². The van der Waals surface area contributed by atoms with Gasteiger partial charge in [-0.15, -0.1) is 0 Å². The molecule has 0 amide bonds. The standard InChI is InChI=1S/C7H6O4.C5H11N/c8-4-1-2-5(7(10)11)6(9)3-4;1-2-4-6-5-3-1/h1-3,8-9H,(H,10,11);6H,1-5H2. The molecule has 0 radical (unpaired) electrons. The summed E-state index contributed by atoms with van der Waals surface area (Å²) in [6.07, 6.45) is 4.22. The van der Waals surface area contributed by atoms with Crippen LogP contribution < -0.4 is 5.32 Å². The van der Waals surface area contributed by atoms with Crippen molar-refractivity contribution in [3.8, 4) is 11.5 Å². The summed E-state index contributed by atoms with van der Waals surface area (Å²) in [7, 11) is 0. The van der Waals surface area contributed by atoms with E-state index in [0.717, 1.165) is 12.1 Å². The summed E-state index contributed by atoms with van der Waals surface area (Å²) in [5.41, 5.74) is -0.220. The first-order valence-electron chi connectivity index (χ1n) is 5.57. The molecule has 0 atom stereocenters. The van der Waals surface area contributed by atoms with Gasteiger partial charge in [0.25, 0.3) is 0 Å². The largest absolute Gasteiger partial charge is 0.508 e. The molecule has 0 aromatic heterocycles. The molecule has 0 bridgehead atoms. The minimum absolute atomic E-state index is 0.160. The van der Waals surface area contributed by atoms with E-state index in [1.54, 1.807) is 0 Å². The topological polar surface area (TPSA) is 89.8 Å². The lowest BCUT2D eigenvalue weighted by atomic mass is 10.2. The highest BCUT2D eigenvalue weighted by Gasteiger charge is 2.08. The fourth-order valence-electron chi connectivity index (χ4n) is 1.50. The van der Waals surface area contributed by atoms with E-state index in [0.29, 0.717) is 0 Å². The van der Waals surface area contributed by atoms with Crippen LogP contribution >= 0.6 is 0 Å². The van der Waals surface area contributed by atoms with Crippen molar-refractivity contribution in [2.75, 3.05) is 13.1 Å². The fourth-order valence-corrected chi connectivity index (χ4v) is 1.50. The van der Waals surface area contributed by atoms with Crippen molar-refractivity contribution < 1.29 is 20.1 Å². The molecule has 0 spiro atoms. The summed E-state index contributed by atoms with van der Waals surface area (Å²) in [5.74, 6) is -1.81. The van der Waals surface area contributed by atoms with E-state index in [2.05, 4.69) is 5.32 Å². The van der Waals surface area contributed by atoms with Gasteiger partial charge < -0.3 is 20.6 Å². The molecule has 5 nitrogen and oxygen atoms in total. The summed E-state index contributed by atoms with van der Waals surface area (Å²) in [6, 6.07) is 3.31. The molecule has 2 rings (SSSR count). The highest BCUT2D eigenvalue weighted by molar-refractivity contribution is 5.90. The molecule has 94 valence electrons. The fraction of sp³-hybridized carbons (Fsp3) is 0.417. The maximum absolute atomic E-state index is 10.3. The van der Waals surface area contributed by atoms with E-state index >= 15 is 0 Å². The number of carbonyl (C=O) groups is 1. The van der Waals surface area contributed by atoms with Crippen molar-refractivity contribution in [3.63, 3.8) is 0 Å². The third kappa shape index (κ3) is 4.74. The summed E-state index contributed by atoms with van der Waals surface area (Å²) in [4.78, 5) is 10.3. The molecule has 1 fully saturated rings. The first kappa shape index (κ1) is 13.3. The lowest BCUT2D eigenvalue weighted by Crippen LogP contribution is -2.21. The van der Waals surface area contributed by atoms with Crippen molar-refractivity contribution in [1.82, 2.24) is 5.32 Å². The predicted molar refractivity (Wildman–Crippen MR) is 63.5 cm³/mol. The molecule has 17 heavy (non-hydrogen) atoms. The summed E-state index contributed by atoms with van der Waals surface area (Å²) in [5, 5.41) is 29.4. The Kier molecular flexibility index (Phi) is 5.29. The zero-order chi connectivity index (χ0) is 12.7. The monoisotopic (exact) mass is 239 g/mol. The SMILES string of the molecule is C1CCNCC1.O=C(O)c1ccc(O)cc1O. The first-order valence-corrected chi connectivity index (χ1v) is 5.57. The first-order chi connectivity index (χ1) is 8.11. The third-order valence-corrected chi connectivity index (χ3v) is 2.42. The maximum atomic E-state index is 10.3. The number of hydrogen-bond donors (Lipinski definition) is 4. The second-order valence-corrected chi connectivity index (χ2v) is 3.82. The minimum atomic E-state index is -1.22. The zero-order valence-electron chi connectivity index (χ0n) is 9.52. The number of phenols is 2. The number of hydrogen-bond acceptors (Lipinski definition) is 4. The van der Waals surface area contributed by atoms with E-state index < -0.39 is 11.7 Å². The molecule has 0 saturated carbocycles. The number of aromatic carboxylic acids is 1. The lowest BCUT2D eigenvalue weighted by molar-refractivity contribution is 0.0693. The molecule has 1 aliphatic heterocycles. The molecule has 0 unspecified atom stereocenters. The van der Waals surface area contributed by atoms with Gasteiger partial charge in [-0.1, -0.05) is 6.42 Å². The van der Waals surface area contributed by atoms with Gasteiger partial charge in [-0.2, -0.15) is 0 Å². The average Bonchev–Trinajstić information content (AvgIpc) is 2.31. The van der Waals surface area contributed by atoms with Gasteiger partial charge in [-0.05, 0) is 38.1 Å². The van der Waals surface area contributed by atoms with Crippen molar-refractivity contribution >= 4 is 5.97 Å². The van der Waals surface area contributed by atoms with Crippen molar-refractivity contribution in [2.24, 2.45) is 0 Å². The van der Waals surface area contributed by atoms with Gasteiger partial charge in [-0.25, -0.2) is 4.79 Å². The normalized spacial score (nSPS) is 14.6. The van der Waals surface area contributed by atoms with E-state index in [-0.39, 0.29) is 11.3 Å². The maximum Gasteiger partial charge on any atom is 0.339 e. The summed E-state index contributed by atoms with van der Waals surface area (Å²) in [6.45, 7) is 2.50. The molecule has 0 aliphatic carbocycles.